The summed E-state index contributed by atoms with van der Waals surface area (Å²) in [5, 5.41) is 9.49. The van der Waals surface area contributed by atoms with Crippen LogP contribution in [0.3, 0.4) is 0 Å². The monoisotopic (exact) mass is 474 g/mol. The van der Waals surface area contributed by atoms with Gasteiger partial charge in [-0.25, -0.2) is 4.79 Å². The standard InChI is InChI=1S/C28H46O4Si/c1-6-7-19-33(4,5)27-16-12-25(13-17-27)24-10-14-26(15-11-24)31-18-8-9-23(20-29)21-32-28(30)22(2)3/h10-11,14-15,23,25,27,29H,2,6-9,12-13,16-21H2,1,3-5H3. The summed E-state index contributed by atoms with van der Waals surface area (Å²) in [5.74, 6) is 1.12. The minimum Gasteiger partial charge on any atom is -0.494 e. The van der Waals surface area contributed by atoms with Crippen LogP contribution in [-0.2, 0) is 9.53 Å². The number of aliphatic hydroxyl groups excluding tert-OH is 1. The fourth-order valence-electron chi connectivity index (χ4n) is 4.99. The van der Waals surface area contributed by atoms with E-state index < -0.39 is 14.0 Å². The van der Waals surface area contributed by atoms with Crippen LogP contribution in [0.5, 0.6) is 5.75 Å². The molecule has 2 rings (SSSR count). The van der Waals surface area contributed by atoms with Crippen LogP contribution in [0.25, 0.3) is 0 Å². The molecule has 0 aliphatic heterocycles. The Morgan fingerprint density at radius 3 is 2.39 bits per heavy atom. The molecule has 4 nitrogen and oxygen atoms in total. The number of unbranched alkanes of at least 4 members (excludes halogenated alkanes) is 1. The molecule has 1 fully saturated rings. The molecule has 0 heterocycles. The van der Waals surface area contributed by atoms with Crippen molar-refractivity contribution in [2.45, 2.75) is 95.8 Å². The third kappa shape index (κ3) is 9.28. The molecule has 1 aromatic rings. The summed E-state index contributed by atoms with van der Waals surface area (Å²) in [7, 11) is -1.07. The molecule has 1 atom stereocenters. The normalized spacial score (nSPS) is 19.7. The first kappa shape index (κ1) is 27.6. The van der Waals surface area contributed by atoms with E-state index >= 15 is 0 Å². The molecule has 0 saturated heterocycles. The van der Waals surface area contributed by atoms with Crippen LogP contribution in [-0.4, -0.2) is 39.0 Å². The second-order valence-corrected chi connectivity index (χ2v) is 15.9. The zero-order chi connectivity index (χ0) is 24.3. The molecule has 33 heavy (non-hydrogen) atoms. The van der Waals surface area contributed by atoms with Crippen LogP contribution < -0.4 is 4.74 Å². The maximum Gasteiger partial charge on any atom is 0.333 e. The lowest BCUT2D eigenvalue weighted by Gasteiger charge is -2.38. The van der Waals surface area contributed by atoms with Crippen molar-refractivity contribution in [3.05, 3.63) is 42.0 Å². The van der Waals surface area contributed by atoms with Gasteiger partial charge in [0.2, 0.25) is 0 Å². The zero-order valence-corrected chi connectivity index (χ0v) is 22.4. The van der Waals surface area contributed by atoms with E-state index in [-0.39, 0.29) is 19.1 Å². The van der Waals surface area contributed by atoms with Crippen molar-refractivity contribution in [1.29, 1.82) is 0 Å². The predicted octanol–water partition coefficient (Wildman–Crippen LogP) is 7.11. The van der Waals surface area contributed by atoms with Gasteiger partial charge in [-0.2, -0.15) is 0 Å². The van der Waals surface area contributed by atoms with Gasteiger partial charge in [0.1, 0.15) is 5.75 Å². The van der Waals surface area contributed by atoms with Gasteiger partial charge in [0.25, 0.3) is 0 Å². The molecule has 1 aliphatic rings. The summed E-state index contributed by atoms with van der Waals surface area (Å²) in [4.78, 5) is 11.5. The highest BCUT2D eigenvalue weighted by atomic mass is 28.3. The average Bonchev–Trinajstić information content (AvgIpc) is 2.82. The number of carbonyl (C=O) groups is 1. The lowest BCUT2D eigenvalue weighted by Crippen LogP contribution is -2.34. The highest BCUT2D eigenvalue weighted by Crippen LogP contribution is 2.45. The van der Waals surface area contributed by atoms with Crippen molar-refractivity contribution in [3.63, 3.8) is 0 Å². The Morgan fingerprint density at radius 2 is 1.82 bits per heavy atom. The summed E-state index contributed by atoms with van der Waals surface area (Å²) >= 11 is 0. The van der Waals surface area contributed by atoms with Crippen LogP contribution in [0.1, 0.15) is 76.7 Å². The quantitative estimate of drug-likeness (QED) is 0.135. The van der Waals surface area contributed by atoms with Crippen LogP contribution in [0.15, 0.2) is 36.4 Å². The number of hydrogen-bond donors (Lipinski definition) is 1. The van der Waals surface area contributed by atoms with E-state index in [1.54, 1.807) is 6.92 Å². The number of carbonyl (C=O) groups excluding carboxylic acids is 1. The Bertz CT molecular complexity index is 720. The topological polar surface area (TPSA) is 55.8 Å². The third-order valence-corrected chi connectivity index (χ3v) is 11.9. The Balaban J connectivity index is 1.71. The maximum absolute atomic E-state index is 11.5. The number of esters is 1. The molecule has 186 valence electrons. The molecule has 1 N–H and O–H groups in total. The minimum atomic E-state index is -1.07. The first-order valence-electron chi connectivity index (χ1n) is 12.9. The van der Waals surface area contributed by atoms with E-state index in [2.05, 4.69) is 50.9 Å². The van der Waals surface area contributed by atoms with E-state index in [1.165, 1.54) is 50.1 Å². The molecule has 0 radical (unpaired) electrons. The third-order valence-electron chi connectivity index (χ3n) is 7.44. The molecule has 0 spiro atoms. The van der Waals surface area contributed by atoms with Gasteiger partial charge in [0, 0.05) is 18.1 Å². The van der Waals surface area contributed by atoms with Gasteiger partial charge in [-0.1, -0.05) is 70.5 Å². The molecule has 0 amide bonds. The molecule has 5 heteroatoms. The van der Waals surface area contributed by atoms with Crippen molar-refractivity contribution in [3.8, 4) is 5.75 Å². The largest absolute Gasteiger partial charge is 0.494 e. The lowest BCUT2D eigenvalue weighted by atomic mass is 9.84. The van der Waals surface area contributed by atoms with Gasteiger partial charge in [-0.15, -0.1) is 0 Å². The second kappa shape index (κ2) is 14.0. The molecule has 0 aromatic heterocycles. The van der Waals surface area contributed by atoms with Crippen molar-refractivity contribution < 1.29 is 19.4 Å². The Morgan fingerprint density at radius 1 is 1.15 bits per heavy atom. The molecule has 0 bridgehead atoms. The molecule has 1 unspecified atom stereocenters. The number of benzene rings is 1. The van der Waals surface area contributed by atoms with Crippen molar-refractivity contribution >= 4 is 14.0 Å². The van der Waals surface area contributed by atoms with E-state index in [4.69, 9.17) is 9.47 Å². The summed E-state index contributed by atoms with van der Waals surface area (Å²) < 4.78 is 11.1. The summed E-state index contributed by atoms with van der Waals surface area (Å²) in [6.45, 7) is 13.5. The van der Waals surface area contributed by atoms with Crippen LogP contribution in [0.2, 0.25) is 24.7 Å². The second-order valence-electron chi connectivity index (χ2n) is 10.6. The van der Waals surface area contributed by atoms with Gasteiger partial charge in [0.15, 0.2) is 0 Å². The smallest absolute Gasteiger partial charge is 0.333 e. The Hall–Kier alpha value is -1.59. The summed E-state index contributed by atoms with van der Waals surface area (Å²) in [6, 6.07) is 10.2. The van der Waals surface area contributed by atoms with Crippen LogP contribution in [0, 0.1) is 5.92 Å². The van der Waals surface area contributed by atoms with E-state index in [9.17, 15) is 9.90 Å². The van der Waals surface area contributed by atoms with E-state index in [0.29, 0.717) is 18.1 Å². The SMILES string of the molecule is C=C(C)C(=O)OCC(CO)CCCOc1ccc(C2CCC([Si](C)(C)CCCC)CC2)cc1. The molecular formula is C28H46O4Si. The van der Waals surface area contributed by atoms with Crippen molar-refractivity contribution in [2.75, 3.05) is 19.8 Å². The van der Waals surface area contributed by atoms with Gasteiger partial charge in [0.05, 0.1) is 21.3 Å². The first-order chi connectivity index (χ1) is 15.8. The summed E-state index contributed by atoms with van der Waals surface area (Å²) in [5.41, 5.74) is 2.83. The van der Waals surface area contributed by atoms with Gasteiger partial charge in [-0.3, -0.25) is 0 Å². The number of hydrogen-bond acceptors (Lipinski definition) is 4. The zero-order valence-electron chi connectivity index (χ0n) is 21.4. The van der Waals surface area contributed by atoms with Gasteiger partial charge in [-0.05, 0) is 61.8 Å². The maximum atomic E-state index is 11.5. The van der Waals surface area contributed by atoms with Gasteiger partial charge < -0.3 is 14.6 Å². The molecule has 1 saturated carbocycles. The van der Waals surface area contributed by atoms with Gasteiger partial charge >= 0.3 is 5.97 Å². The van der Waals surface area contributed by atoms with Crippen LogP contribution >= 0.6 is 0 Å². The van der Waals surface area contributed by atoms with Crippen molar-refractivity contribution in [2.24, 2.45) is 5.92 Å². The fourth-order valence-corrected chi connectivity index (χ4v) is 8.56. The lowest BCUT2D eigenvalue weighted by molar-refractivity contribution is -0.140. The number of rotatable bonds is 14. The predicted molar refractivity (Wildman–Crippen MR) is 140 cm³/mol. The van der Waals surface area contributed by atoms with Crippen molar-refractivity contribution in [1.82, 2.24) is 0 Å². The summed E-state index contributed by atoms with van der Waals surface area (Å²) in [6.07, 6.45) is 9.74. The highest BCUT2D eigenvalue weighted by molar-refractivity contribution is 6.78. The minimum absolute atomic E-state index is 0.00130. The molecular weight excluding hydrogens is 428 g/mol. The van der Waals surface area contributed by atoms with E-state index in [0.717, 1.165) is 24.1 Å². The highest BCUT2D eigenvalue weighted by Gasteiger charge is 2.34. The Labute approximate surface area is 202 Å². The van der Waals surface area contributed by atoms with Crippen LogP contribution in [0.4, 0.5) is 0 Å². The Kier molecular flexibility index (Phi) is 11.7. The molecule has 1 aliphatic carbocycles. The first-order valence-corrected chi connectivity index (χ1v) is 16.2. The number of aliphatic hydroxyl groups is 1. The fraction of sp³-hybridized carbons (Fsp3) is 0.679. The average molecular weight is 475 g/mol. The van der Waals surface area contributed by atoms with E-state index in [1.807, 2.05) is 0 Å². The molecule has 1 aromatic carbocycles. The number of ether oxygens (including phenoxy) is 2.